The largest absolute Gasteiger partial charge is 0.496 e. The molecule has 0 aliphatic heterocycles. The van der Waals surface area contributed by atoms with Crippen molar-refractivity contribution in [3.8, 4) is 10.8 Å². The summed E-state index contributed by atoms with van der Waals surface area (Å²) >= 11 is 1.19. The molecule has 0 fully saturated rings. The van der Waals surface area contributed by atoms with Crippen LogP contribution in [0.5, 0.6) is 5.75 Å². The summed E-state index contributed by atoms with van der Waals surface area (Å²) in [5.41, 5.74) is 0.598. The second kappa shape index (κ2) is 15.5. The molecule has 0 radical (unpaired) electrons. The van der Waals surface area contributed by atoms with E-state index < -0.39 is 35.2 Å². The average molecular weight is 656 g/mol. The van der Waals surface area contributed by atoms with E-state index in [9.17, 15) is 18.8 Å². The quantitative estimate of drug-likeness (QED) is 0.179. The summed E-state index contributed by atoms with van der Waals surface area (Å²) in [5, 5.41) is 33.2. The molecule has 3 heterocycles. The number of carbonyl (C=O) groups is 1. The van der Waals surface area contributed by atoms with Crippen LogP contribution in [0, 0.1) is 12.7 Å². The van der Waals surface area contributed by atoms with Crippen LogP contribution < -0.4 is 16.0 Å². The van der Waals surface area contributed by atoms with Gasteiger partial charge in [-0.05, 0) is 49.6 Å². The van der Waals surface area contributed by atoms with Gasteiger partial charge in [-0.2, -0.15) is 10.2 Å². The van der Waals surface area contributed by atoms with Gasteiger partial charge in [0.1, 0.15) is 40.2 Å². The van der Waals surface area contributed by atoms with E-state index >= 15 is 0 Å². The van der Waals surface area contributed by atoms with Gasteiger partial charge in [-0.3, -0.25) is 9.36 Å². The lowest BCUT2D eigenvalue weighted by Crippen LogP contribution is -2.44. The molecule has 13 nitrogen and oxygen atoms in total. The number of benzene rings is 2. The van der Waals surface area contributed by atoms with E-state index in [1.807, 2.05) is 30.3 Å². The monoisotopic (exact) mass is 655 g/mol. The molecule has 3 aromatic heterocycles. The van der Waals surface area contributed by atoms with Gasteiger partial charge in [-0.25, -0.2) is 18.5 Å². The summed E-state index contributed by atoms with van der Waals surface area (Å²) in [6.45, 7) is 2.56. The molecule has 5 aromatic rings. The van der Waals surface area contributed by atoms with Crippen molar-refractivity contribution in [2.45, 2.75) is 45.6 Å². The Morgan fingerprint density at radius 1 is 1.07 bits per heavy atom. The van der Waals surface area contributed by atoms with Crippen LogP contribution in [0.15, 0.2) is 70.5 Å². The molecular formula is C31H34FN5O8S. The zero-order valence-corrected chi connectivity index (χ0v) is 26.2. The van der Waals surface area contributed by atoms with E-state index in [2.05, 4.69) is 10.2 Å². The van der Waals surface area contributed by atoms with E-state index in [1.54, 1.807) is 6.92 Å². The van der Waals surface area contributed by atoms with Gasteiger partial charge < -0.3 is 24.8 Å². The number of hydrogen-bond acceptors (Lipinski definition) is 11. The first-order valence-corrected chi connectivity index (χ1v) is 15.0. The summed E-state index contributed by atoms with van der Waals surface area (Å²) in [6, 6.07) is 12.1. The molecule has 0 amide bonds. The molecule has 0 spiro atoms. The molecule has 0 saturated carbocycles. The second-order valence-corrected chi connectivity index (χ2v) is 11.1. The Kier molecular flexibility index (Phi) is 11.5. The third kappa shape index (κ3) is 7.56. The molecule has 1 unspecified atom stereocenters. The number of ether oxygens (including phenoxy) is 2. The fourth-order valence-corrected chi connectivity index (χ4v) is 5.83. The minimum absolute atomic E-state index is 0.00115. The van der Waals surface area contributed by atoms with Crippen molar-refractivity contribution in [1.82, 2.24) is 24.1 Å². The number of esters is 1. The Morgan fingerprint density at radius 2 is 1.74 bits per heavy atom. The lowest BCUT2D eigenvalue weighted by Gasteiger charge is -2.17. The number of carbonyl (C=O) groups excluding carboxylic acids is 1. The maximum absolute atomic E-state index is 14.0. The Balaban J connectivity index is 0.000000731. The first-order chi connectivity index (χ1) is 22.1. The van der Waals surface area contributed by atoms with Crippen LogP contribution in [0.2, 0.25) is 0 Å². The first-order valence-electron chi connectivity index (χ1n) is 14.2. The van der Waals surface area contributed by atoms with Crippen LogP contribution in [-0.2, 0) is 29.1 Å². The summed E-state index contributed by atoms with van der Waals surface area (Å²) in [5.74, 6) is -0.685. The lowest BCUT2D eigenvalue weighted by molar-refractivity contribution is -0.148. The van der Waals surface area contributed by atoms with Crippen LogP contribution in [-0.4, -0.2) is 71.8 Å². The number of halogens is 1. The molecule has 5 rings (SSSR count). The first kappa shape index (κ1) is 34.2. The highest BCUT2D eigenvalue weighted by molar-refractivity contribution is 7.21. The summed E-state index contributed by atoms with van der Waals surface area (Å²) in [7, 11) is 1.48. The van der Waals surface area contributed by atoms with Crippen molar-refractivity contribution in [3.63, 3.8) is 0 Å². The topological polar surface area (TPSA) is 171 Å². The number of aliphatic hydroxyl groups excluding tert-OH is 3. The molecular weight excluding hydrogens is 621 g/mol. The molecule has 244 valence electrons. The van der Waals surface area contributed by atoms with E-state index in [0.717, 1.165) is 10.1 Å². The zero-order chi connectivity index (χ0) is 33.4. The van der Waals surface area contributed by atoms with E-state index in [4.69, 9.17) is 24.8 Å². The zero-order valence-electron chi connectivity index (χ0n) is 25.4. The molecule has 0 bridgehead atoms. The molecule has 2 aromatic carbocycles. The van der Waals surface area contributed by atoms with Crippen molar-refractivity contribution in [3.05, 3.63) is 104 Å². The minimum Gasteiger partial charge on any atom is -0.496 e. The number of hydrogen-bond donors (Lipinski definition) is 3. The van der Waals surface area contributed by atoms with Crippen LogP contribution in [0.3, 0.4) is 0 Å². The maximum atomic E-state index is 14.0. The third-order valence-electron chi connectivity index (χ3n) is 7.04. The number of nitrogens with zero attached hydrogens (tertiary/aromatic N) is 5. The molecule has 0 aliphatic rings. The minimum atomic E-state index is -1.20. The molecule has 15 heteroatoms. The SMILES string of the molecule is COc1ccc(F)cc1CCn1c(=O)n(C(C)C(=O)OCc2ccccc2)c(=O)c2c(C)c(-n3nccn3)sc21.OCC(O)CO. The predicted octanol–water partition coefficient (Wildman–Crippen LogP) is 2.14. The predicted molar refractivity (Wildman–Crippen MR) is 168 cm³/mol. The Morgan fingerprint density at radius 3 is 2.35 bits per heavy atom. The smallest absolute Gasteiger partial charge is 0.332 e. The molecule has 0 saturated heterocycles. The number of aryl methyl sites for hydroxylation is 3. The Bertz CT molecular complexity index is 1890. The van der Waals surface area contributed by atoms with Crippen molar-refractivity contribution >= 4 is 27.5 Å². The highest BCUT2D eigenvalue weighted by Crippen LogP contribution is 2.31. The summed E-state index contributed by atoms with van der Waals surface area (Å²) in [6.07, 6.45) is 2.30. The maximum Gasteiger partial charge on any atom is 0.332 e. The van der Waals surface area contributed by atoms with Crippen molar-refractivity contribution in [2.24, 2.45) is 0 Å². The van der Waals surface area contributed by atoms with Crippen LogP contribution in [0.4, 0.5) is 4.39 Å². The van der Waals surface area contributed by atoms with Gasteiger partial charge in [-0.15, -0.1) is 4.80 Å². The fraction of sp³-hybridized carbons (Fsp3) is 0.323. The van der Waals surface area contributed by atoms with Gasteiger partial charge >= 0.3 is 11.7 Å². The highest BCUT2D eigenvalue weighted by atomic mass is 32.1. The average Bonchev–Trinajstić information content (AvgIpc) is 3.72. The summed E-state index contributed by atoms with van der Waals surface area (Å²) in [4.78, 5) is 42.4. The number of rotatable bonds is 11. The molecule has 1 atom stereocenters. The van der Waals surface area contributed by atoms with Gasteiger partial charge in [0.15, 0.2) is 0 Å². The van der Waals surface area contributed by atoms with Crippen LogP contribution in [0.1, 0.15) is 29.7 Å². The summed E-state index contributed by atoms with van der Waals surface area (Å²) < 4.78 is 27.2. The fourth-order valence-electron chi connectivity index (χ4n) is 4.59. The van der Waals surface area contributed by atoms with Crippen molar-refractivity contribution in [1.29, 1.82) is 0 Å². The molecule has 0 aliphatic carbocycles. The highest BCUT2D eigenvalue weighted by Gasteiger charge is 2.27. The number of fused-ring (bicyclic) bond motifs is 1. The van der Waals surface area contributed by atoms with Crippen LogP contribution >= 0.6 is 11.3 Å². The van der Waals surface area contributed by atoms with Crippen molar-refractivity contribution in [2.75, 3.05) is 20.3 Å². The van der Waals surface area contributed by atoms with Gasteiger partial charge in [0, 0.05) is 12.1 Å². The normalized spacial score (nSPS) is 11.7. The number of aliphatic hydroxyl groups is 3. The van der Waals surface area contributed by atoms with Gasteiger partial charge in [0.25, 0.3) is 5.56 Å². The van der Waals surface area contributed by atoms with Gasteiger partial charge in [0.05, 0.1) is 38.1 Å². The Labute approximate surface area is 266 Å². The van der Waals surface area contributed by atoms with Gasteiger partial charge in [-0.1, -0.05) is 41.7 Å². The van der Waals surface area contributed by atoms with Crippen molar-refractivity contribution < 1.29 is 34.0 Å². The number of aromatic nitrogens is 5. The van der Waals surface area contributed by atoms with Gasteiger partial charge in [0.2, 0.25) is 0 Å². The van der Waals surface area contributed by atoms with E-state index in [0.29, 0.717) is 26.7 Å². The van der Waals surface area contributed by atoms with E-state index in [1.165, 1.54) is 65.3 Å². The number of methoxy groups -OCH3 is 1. The number of thiophene rings is 1. The second-order valence-electron chi connectivity index (χ2n) is 10.1. The molecule has 3 N–H and O–H groups in total. The van der Waals surface area contributed by atoms with E-state index in [-0.39, 0.29) is 38.2 Å². The Hall–Kier alpha value is -4.70. The third-order valence-corrected chi connectivity index (χ3v) is 8.32. The lowest BCUT2D eigenvalue weighted by atomic mass is 10.1. The standard InChI is InChI=1S/C28H26FN5O5S.C3H8O3/c1-17-23-24(35)33(18(2)27(36)39-16-19-7-5-4-6-8-19)28(37)32(26(23)40-25(17)34-30-12-13-31-34)14-11-20-15-21(29)9-10-22(20)38-3;4-1-3(6)2-5/h4-10,12-13,15,18H,11,14,16H2,1-3H3;3-6H,1-2H2. The molecule has 46 heavy (non-hydrogen) atoms. The van der Waals surface area contributed by atoms with Crippen LogP contribution in [0.25, 0.3) is 15.2 Å².